The van der Waals surface area contributed by atoms with Crippen LogP contribution in [0.1, 0.15) is 0 Å². The van der Waals surface area contributed by atoms with E-state index in [1.807, 2.05) is 0 Å². The second-order valence-electron chi connectivity index (χ2n) is 10.2. The molecule has 0 atom stereocenters. The van der Waals surface area contributed by atoms with E-state index >= 15 is 8.78 Å². The zero-order valence-electron chi connectivity index (χ0n) is 22.5. The molecule has 0 radical (unpaired) electrons. The molecule has 0 N–H and O–H groups in total. The van der Waals surface area contributed by atoms with Crippen molar-refractivity contribution in [2.45, 2.75) is 0 Å². The van der Waals surface area contributed by atoms with Crippen LogP contribution >= 0.6 is 0 Å². The molecule has 6 rings (SSSR count). The Morgan fingerprint density at radius 2 is 0.651 bits per heavy atom. The first-order chi connectivity index (χ1) is 20.8. The van der Waals surface area contributed by atoms with Crippen LogP contribution in [0.25, 0.3) is 22.3 Å². The summed E-state index contributed by atoms with van der Waals surface area (Å²) in [4.78, 5) is 0. The largest absolute Gasteiger partial charge is 0.207 e. The molecule has 7 heteroatoms. The third kappa shape index (κ3) is 5.28. The van der Waals surface area contributed by atoms with E-state index in [0.29, 0.717) is 43.0 Å². The predicted molar refractivity (Wildman–Crippen MR) is 161 cm³/mol. The first kappa shape index (κ1) is 28.2. The molecule has 6 aromatic rings. The van der Waals surface area contributed by atoms with Crippen molar-refractivity contribution in [2.24, 2.45) is 0 Å². The lowest BCUT2D eigenvalue weighted by Crippen LogP contribution is -2.76. The highest BCUT2D eigenvalue weighted by Gasteiger charge is 2.45. The van der Waals surface area contributed by atoms with Crippen LogP contribution in [0, 0.1) is 34.9 Å². The monoisotopic (exact) mass is 596 g/mol. The Balaban J connectivity index is 1.61. The minimum absolute atomic E-state index is 0.300. The topological polar surface area (TPSA) is 0 Å². The van der Waals surface area contributed by atoms with E-state index in [0.717, 1.165) is 12.1 Å². The van der Waals surface area contributed by atoms with E-state index in [1.165, 1.54) is 36.4 Å². The number of hydrogen-bond acceptors (Lipinski definition) is 0. The Bertz CT molecular complexity index is 1750. The second-order valence-corrected chi connectivity index (χ2v) is 13.9. The van der Waals surface area contributed by atoms with Crippen LogP contribution in [-0.4, -0.2) is 8.07 Å². The van der Waals surface area contributed by atoms with Gasteiger partial charge < -0.3 is 0 Å². The van der Waals surface area contributed by atoms with Gasteiger partial charge in [0.2, 0.25) is 0 Å². The highest BCUT2D eigenvalue weighted by Crippen LogP contribution is 2.24. The molecule has 0 fully saturated rings. The molecule has 0 saturated carbocycles. The van der Waals surface area contributed by atoms with Crippen molar-refractivity contribution in [2.75, 3.05) is 0 Å². The van der Waals surface area contributed by atoms with E-state index in [9.17, 15) is 17.6 Å². The first-order valence-corrected chi connectivity index (χ1v) is 15.4. The first-order valence-electron chi connectivity index (χ1n) is 13.4. The van der Waals surface area contributed by atoms with Crippen LogP contribution in [0.3, 0.4) is 0 Å². The van der Waals surface area contributed by atoms with E-state index in [2.05, 4.69) is 0 Å². The van der Waals surface area contributed by atoms with Gasteiger partial charge in [-0.2, -0.15) is 0 Å². The molecule has 0 aliphatic heterocycles. The van der Waals surface area contributed by atoms with Gasteiger partial charge in [0, 0.05) is 12.1 Å². The maximum absolute atomic E-state index is 15.9. The van der Waals surface area contributed by atoms with Crippen molar-refractivity contribution in [3.63, 3.8) is 0 Å². The van der Waals surface area contributed by atoms with Gasteiger partial charge in [0.1, 0.15) is 34.9 Å². The molecule has 0 amide bonds. The Hall–Kier alpha value is -4.88. The van der Waals surface area contributed by atoms with Crippen LogP contribution in [0.5, 0.6) is 0 Å². The lowest BCUT2D eigenvalue weighted by atomic mass is 10.1. The summed E-state index contributed by atoms with van der Waals surface area (Å²) in [6, 6.07) is 32.5. The minimum atomic E-state index is -3.73. The summed E-state index contributed by atoms with van der Waals surface area (Å²) >= 11 is 0. The standard InChI is InChI=1S/C36H22F6Si/c37-27-17-25(18-28(38)21-27)23-9-13-31(14-10-23)43(35-7-3-1-5-33(35)41,36-8-4-2-6-34(36)42)32-15-11-24(12-16-32)26-19-29(39)22-30(40)20-26/h1-22H. The summed E-state index contributed by atoms with van der Waals surface area (Å²) in [7, 11) is -3.73. The average Bonchev–Trinajstić information content (AvgIpc) is 2.99. The van der Waals surface area contributed by atoms with E-state index in [4.69, 9.17) is 0 Å². The Labute approximate surface area is 245 Å². The fraction of sp³-hybridized carbons (Fsp3) is 0. The maximum atomic E-state index is 15.9. The summed E-state index contributed by atoms with van der Waals surface area (Å²) in [5, 5.41) is 1.84. The summed E-state index contributed by atoms with van der Waals surface area (Å²) < 4.78 is 87.7. The third-order valence-corrected chi connectivity index (χ3v) is 12.4. The zero-order valence-corrected chi connectivity index (χ0v) is 23.5. The predicted octanol–water partition coefficient (Wildman–Crippen LogP) is 7.23. The molecule has 0 spiro atoms. The lowest BCUT2D eigenvalue weighted by molar-refractivity contribution is 0.583. The molecule has 6 aromatic carbocycles. The lowest BCUT2D eigenvalue weighted by Gasteiger charge is -2.35. The number of hydrogen-bond donors (Lipinski definition) is 0. The molecule has 0 aromatic heterocycles. The number of halogens is 6. The van der Waals surface area contributed by atoms with Gasteiger partial charge in [0.25, 0.3) is 0 Å². The van der Waals surface area contributed by atoms with Crippen LogP contribution in [-0.2, 0) is 0 Å². The van der Waals surface area contributed by atoms with Gasteiger partial charge in [-0.25, -0.2) is 26.3 Å². The van der Waals surface area contributed by atoms with Crippen molar-refractivity contribution >= 4 is 28.8 Å². The minimum Gasteiger partial charge on any atom is -0.207 e. The normalized spacial score (nSPS) is 11.5. The van der Waals surface area contributed by atoms with Crippen molar-refractivity contribution < 1.29 is 26.3 Å². The molecule has 0 aliphatic rings. The van der Waals surface area contributed by atoms with Crippen LogP contribution < -0.4 is 20.7 Å². The van der Waals surface area contributed by atoms with E-state index in [-0.39, 0.29) is 0 Å². The van der Waals surface area contributed by atoms with Gasteiger partial charge in [-0.15, -0.1) is 0 Å². The summed E-state index contributed by atoms with van der Waals surface area (Å²) in [5.74, 6) is -3.94. The van der Waals surface area contributed by atoms with Gasteiger partial charge in [0.05, 0.1) is 0 Å². The van der Waals surface area contributed by atoms with Gasteiger partial charge in [-0.1, -0.05) is 84.9 Å². The van der Waals surface area contributed by atoms with Crippen LogP contribution in [0.2, 0.25) is 0 Å². The maximum Gasteiger partial charge on any atom is 0.186 e. The molecular formula is C36H22F6Si. The Kier molecular flexibility index (Phi) is 7.50. The van der Waals surface area contributed by atoms with Gasteiger partial charge >= 0.3 is 0 Å². The van der Waals surface area contributed by atoms with Crippen LogP contribution in [0.4, 0.5) is 26.3 Å². The smallest absolute Gasteiger partial charge is 0.186 e. The van der Waals surface area contributed by atoms with E-state index < -0.39 is 43.0 Å². The summed E-state index contributed by atoms with van der Waals surface area (Å²) in [5.41, 5.74) is 1.69. The highest BCUT2D eigenvalue weighted by atomic mass is 28.3. The number of benzene rings is 6. The van der Waals surface area contributed by atoms with Crippen molar-refractivity contribution in [3.8, 4) is 22.3 Å². The fourth-order valence-electron chi connectivity index (χ4n) is 5.73. The molecule has 0 aliphatic carbocycles. The SMILES string of the molecule is Fc1cc(F)cc(-c2ccc([Si](c3ccc(-c4cc(F)cc(F)c4)cc3)(c3ccccc3F)c3ccccc3F)cc2)c1. The molecule has 0 nitrogen and oxygen atoms in total. The molecule has 43 heavy (non-hydrogen) atoms. The van der Waals surface area contributed by atoms with Crippen molar-refractivity contribution in [1.82, 2.24) is 0 Å². The molecule has 0 bridgehead atoms. The Morgan fingerprint density at radius 3 is 0.977 bits per heavy atom. The second kappa shape index (κ2) is 11.4. The van der Waals surface area contributed by atoms with E-state index in [1.54, 1.807) is 84.9 Å². The Morgan fingerprint density at radius 1 is 0.326 bits per heavy atom. The third-order valence-electron chi connectivity index (χ3n) is 7.58. The quantitative estimate of drug-likeness (QED) is 0.108. The zero-order chi connectivity index (χ0) is 30.1. The molecule has 0 saturated heterocycles. The van der Waals surface area contributed by atoms with Gasteiger partial charge in [0.15, 0.2) is 8.07 Å². The molecule has 0 unspecified atom stereocenters. The van der Waals surface area contributed by atoms with Crippen molar-refractivity contribution in [3.05, 3.63) is 168 Å². The molecule has 0 heterocycles. The highest BCUT2D eigenvalue weighted by molar-refractivity contribution is 7.20. The molecular weight excluding hydrogens is 574 g/mol. The van der Waals surface area contributed by atoms with Gasteiger partial charge in [-0.3, -0.25) is 0 Å². The van der Waals surface area contributed by atoms with Crippen molar-refractivity contribution in [1.29, 1.82) is 0 Å². The summed E-state index contributed by atoms with van der Waals surface area (Å²) in [6.45, 7) is 0. The van der Waals surface area contributed by atoms with Crippen LogP contribution in [0.15, 0.2) is 133 Å². The van der Waals surface area contributed by atoms with Gasteiger partial charge in [-0.05, 0) is 79.4 Å². The average molecular weight is 597 g/mol. The summed E-state index contributed by atoms with van der Waals surface area (Å²) in [6.07, 6.45) is 0. The fourth-order valence-corrected chi connectivity index (χ4v) is 10.5. The number of rotatable bonds is 6. The molecule has 212 valence electrons.